The third-order valence-electron chi connectivity index (χ3n) is 3.64. The van der Waals surface area contributed by atoms with Crippen molar-refractivity contribution >= 4 is 33.3 Å². The van der Waals surface area contributed by atoms with Crippen molar-refractivity contribution in [3.63, 3.8) is 0 Å². The van der Waals surface area contributed by atoms with Gasteiger partial charge in [0.1, 0.15) is 5.82 Å². The maximum Gasteiger partial charge on any atom is 0.253 e. The van der Waals surface area contributed by atoms with Crippen molar-refractivity contribution in [1.82, 2.24) is 9.88 Å². The lowest BCUT2D eigenvalue weighted by molar-refractivity contribution is 0.0793. The molecule has 1 heterocycles. The Morgan fingerprint density at radius 1 is 1.30 bits per heavy atom. The van der Waals surface area contributed by atoms with Gasteiger partial charge >= 0.3 is 0 Å². The van der Waals surface area contributed by atoms with Crippen molar-refractivity contribution in [3.05, 3.63) is 52.1 Å². The number of hydrogen-bond acceptors (Lipinski definition) is 3. The first-order chi connectivity index (χ1) is 11.0. The molecule has 2 aromatic rings. The number of hydrogen-bond donors (Lipinski definition) is 1. The molecule has 1 amide bonds. The number of carbonyl (C=O) groups excluding carboxylic acids is 1. The molecule has 0 bridgehead atoms. The van der Waals surface area contributed by atoms with Crippen molar-refractivity contribution in [2.75, 3.05) is 18.9 Å². The Morgan fingerprint density at radius 2 is 2.09 bits per heavy atom. The van der Waals surface area contributed by atoms with Crippen molar-refractivity contribution < 1.29 is 4.79 Å². The summed E-state index contributed by atoms with van der Waals surface area (Å²) in [6, 6.07) is 9.56. The van der Waals surface area contributed by atoms with Gasteiger partial charge in [0.2, 0.25) is 0 Å². The number of aryl methyl sites for hydroxylation is 1. The van der Waals surface area contributed by atoms with E-state index in [2.05, 4.69) is 33.2 Å². The zero-order valence-electron chi connectivity index (χ0n) is 13.8. The van der Waals surface area contributed by atoms with Crippen LogP contribution in [-0.2, 0) is 0 Å². The number of rotatable bonds is 6. The molecule has 0 unspecified atom stereocenters. The van der Waals surface area contributed by atoms with Crippen LogP contribution in [0.1, 0.15) is 35.7 Å². The Bertz CT molecular complexity index is 688. The number of unbranched alkanes of at least 4 members (excludes halogenated alkanes) is 1. The van der Waals surface area contributed by atoms with E-state index in [0.717, 1.165) is 29.5 Å². The average molecular weight is 376 g/mol. The minimum Gasteiger partial charge on any atom is -0.342 e. The first-order valence-electron chi connectivity index (χ1n) is 7.76. The van der Waals surface area contributed by atoms with E-state index in [1.807, 2.05) is 32.2 Å². The zero-order chi connectivity index (χ0) is 16.8. The lowest BCUT2D eigenvalue weighted by Gasteiger charge is -2.17. The SMILES string of the molecule is CCCCN(C)C(=O)c1ccnc(Nc2ccc(C)c(Br)c2)c1. The molecule has 122 valence electrons. The molecule has 0 aliphatic rings. The molecular weight excluding hydrogens is 354 g/mol. The van der Waals surface area contributed by atoms with Gasteiger partial charge in [-0.25, -0.2) is 4.98 Å². The third kappa shape index (κ3) is 4.79. The highest BCUT2D eigenvalue weighted by Gasteiger charge is 2.12. The van der Waals surface area contributed by atoms with Gasteiger partial charge in [-0.15, -0.1) is 0 Å². The van der Waals surface area contributed by atoms with Gasteiger partial charge in [0, 0.05) is 35.5 Å². The van der Waals surface area contributed by atoms with E-state index in [9.17, 15) is 4.79 Å². The highest BCUT2D eigenvalue weighted by Crippen LogP contribution is 2.23. The highest BCUT2D eigenvalue weighted by atomic mass is 79.9. The standard InChI is InChI=1S/C18H22BrN3O/c1-4-5-10-22(3)18(23)14-8-9-20-17(11-14)21-15-7-6-13(2)16(19)12-15/h6-9,11-12H,4-5,10H2,1-3H3,(H,20,21). The molecule has 0 fully saturated rings. The molecule has 0 atom stereocenters. The van der Waals surface area contributed by atoms with Gasteiger partial charge in [0.25, 0.3) is 5.91 Å². The predicted molar refractivity (Wildman–Crippen MR) is 98.3 cm³/mol. The summed E-state index contributed by atoms with van der Waals surface area (Å²) in [5.74, 6) is 0.685. The number of nitrogens with zero attached hydrogens (tertiary/aromatic N) is 2. The minimum atomic E-state index is 0.0222. The summed E-state index contributed by atoms with van der Waals surface area (Å²) in [5, 5.41) is 3.24. The van der Waals surface area contributed by atoms with Gasteiger partial charge < -0.3 is 10.2 Å². The number of carbonyl (C=O) groups is 1. The average Bonchev–Trinajstić information content (AvgIpc) is 2.55. The number of pyridine rings is 1. The molecule has 4 nitrogen and oxygen atoms in total. The van der Waals surface area contributed by atoms with Crippen molar-refractivity contribution in [2.24, 2.45) is 0 Å². The summed E-state index contributed by atoms with van der Waals surface area (Å²) < 4.78 is 1.04. The first kappa shape index (κ1) is 17.5. The van der Waals surface area contributed by atoms with Gasteiger partial charge in [0.15, 0.2) is 0 Å². The summed E-state index contributed by atoms with van der Waals surface area (Å²) in [4.78, 5) is 18.5. The Morgan fingerprint density at radius 3 is 2.78 bits per heavy atom. The van der Waals surface area contributed by atoms with Gasteiger partial charge in [-0.3, -0.25) is 4.79 Å². The van der Waals surface area contributed by atoms with Gasteiger partial charge in [0.05, 0.1) is 0 Å². The Labute approximate surface area is 146 Å². The fourth-order valence-corrected chi connectivity index (χ4v) is 2.55. The van der Waals surface area contributed by atoms with Crippen molar-refractivity contribution in [2.45, 2.75) is 26.7 Å². The van der Waals surface area contributed by atoms with Crippen LogP contribution in [0, 0.1) is 6.92 Å². The second kappa shape index (κ2) is 8.11. The zero-order valence-corrected chi connectivity index (χ0v) is 15.4. The predicted octanol–water partition coefficient (Wildman–Crippen LogP) is 4.77. The molecule has 5 heteroatoms. The Balaban J connectivity index is 2.13. The second-order valence-electron chi connectivity index (χ2n) is 5.60. The molecule has 0 spiro atoms. The number of anilines is 2. The summed E-state index contributed by atoms with van der Waals surface area (Å²) in [6.45, 7) is 4.93. The summed E-state index contributed by atoms with van der Waals surface area (Å²) in [7, 11) is 1.84. The molecule has 1 aromatic carbocycles. The summed E-state index contributed by atoms with van der Waals surface area (Å²) >= 11 is 3.52. The van der Waals surface area contributed by atoms with Crippen LogP contribution in [0.15, 0.2) is 41.0 Å². The van der Waals surface area contributed by atoms with E-state index < -0.39 is 0 Å². The topological polar surface area (TPSA) is 45.2 Å². The van der Waals surface area contributed by atoms with Gasteiger partial charge in [-0.1, -0.05) is 35.3 Å². The van der Waals surface area contributed by atoms with E-state index in [4.69, 9.17) is 0 Å². The first-order valence-corrected chi connectivity index (χ1v) is 8.55. The number of benzene rings is 1. The van der Waals surface area contributed by atoms with E-state index in [0.29, 0.717) is 11.4 Å². The van der Waals surface area contributed by atoms with Crippen LogP contribution < -0.4 is 5.32 Å². The van der Waals surface area contributed by atoms with Crippen LogP contribution in [0.2, 0.25) is 0 Å². The maximum atomic E-state index is 12.4. The fourth-order valence-electron chi connectivity index (χ4n) is 2.17. The molecule has 0 aliphatic heterocycles. The molecule has 0 saturated carbocycles. The lowest BCUT2D eigenvalue weighted by atomic mass is 10.2. The number of halogens is 1. The van der Waals surface area contributed by atoms with E-state index >= 15 is 0 Å². The Kier molecular flexibility index (Phi) is 6.16. The van der Waals surface area contributed by atoms with Gasteiger partial charge in [-0.05, 0) is 43.2 Å². The molecule has 23 heavy (non-hydrogen) atoms. The normalized spacial score (nSPS) is 10.4. The van der Waals surface area contributed by atoms with Crippen LogP contribution >= 0.6 is 15.9 Å². The van der Waals surface area contributed by atoms with E-state index in [-0.39, 0.29) is 5.91 Å². The van der Waals surface area contributed by atoms with Crippen molar-refractivity contribution in [1.29, 1.82) is 0 Å². The number of amides is 1. The smallest absolute Gasteiger partial charge is 0.253 e. The Hall–Kier alpha value is -1.88. The van der Waals surface area contributed by atoms with Crippen LogP contribution in [0.3, 0.4) is 0 Å². The maximum absolute atomic E-state index is 12.4. The minimum absolute atomic E-state index is 0.0222. The van der Waals surface area contributed by atoms with E-state index in [1.54, 1.807) is 23.2 Å². The highest BCUT2D eigenvalue weighted by molar-refractivity contribution is 9.10. The van der Waals surface area contributed by atoms with Crippen LogP contribution in [-0.4, -0.2) is 29.4 Å². The molecule has 1 aromatic heterocycles. The van der Waals surface area contributed by atoms with Crippen LogP contribution in [0.4, 0.5) is 11.5 Å². The molecule has 0 saturated heterocycles. The van der Waals surface area contributed by atoms with Gasteiger partial charge in [-0.2, -0.15) is 0 Å². The van der Waals surface area contributed by atoms with Crippen LogP contribution in [0.25, 0.3) is 0 Å². The molecular formula is C18H22BrN3O. The second-order valence-corrected chi connectivity index (χ2v) is 6.45. The summed E-state index contributed by atoms with van der Waals surface area (Å²) in [5.41, 5.74) is 2.75. The molecule has 0 aliphatic carbocycles. The van der Waals surface area contributed by atoms with Crippen LogP contribution in [0.5, 0.6) is 0 Å². The molecule has 1 N–H and O–H groups in total. The summed E-state index contributed by atoms with van der Waals surface area (Å²) in [6.07, 6.45) is 3.74. The molecule has 0 radical (unpaired) electrons. The largest absolute Gasteiger partial charge is 0.342 e. The quantitative estimate of drug-likeness (QED) is 0.790. The van der Waals surface area contributed by atoms with Crippen molar-refractivity contribution in [3.8, 4) is 0 Å². The number of aromatic nitrogens is 1. The molecule has 2 rings (SSSR count). The van der Waals surface area contributed by atoms with E-state index in [1.165, 1.54) is 5.56 Å². The number of nitrogens with one attached hydrogen (secondary N) is 1. The lowest BCUT2D eigenvalue weighted by Crippen LogP contribution is -2.27. The fraction of sp³-hybridized carbons (Fsp3) is 0.333. The third-order valence-corrected chi connectivity index (χ3v) is 4.50. The monoisotopic (exact) mass is 375 g/mol.